The van der Waals surface area contributed by atoms with Gasteiger partial charge in [0, 0.05) is 0 Å². The first kappa shape index (κ1) is 26.6. The van der Waals surface area contributed by atoms with Crippen LogP contribution in [0.4, 0.5) is 32.0 Å². The smallest absolute Gasteiger partial charge is 0.268 e. The zero-order valence-corrected chi connectivity index (χ0v) is 21.6. The third-order valence-electron chi connectivity index (χ3n) is 7.29. The molecule has 4 atom stereocenters. The lowest BCUT2D eigenvalue weighted by molar-refractivity contribution is -0.143. The summed E-state index contributed by atoms with van der Waals surface area (Å²) < 4.78 is 81.0. The van der Waals surface area contributed by atoms with Crippen molar-refractivity contribution in [1.82, 2.24) is 0 Å². The van der Waals surface area contributed by atoms with Crippen molar-refractivity contribution in [2.75, 3.05) is 4.90 Å². The van der Waals surface area contributed by atoms with Gasteiger partial charge in [-0.1, -0.05) is 43.5 Å². The third-order valence-corrected chi connectivity index (χ3v) is 14.2. The molecule has 2 fully saturated rings. The van der Waals surface area contributed by atoms with Crippen LogP contribution in [0.3, 0.4) is 0 Å². The second kappa shape index (κ2) is 9.13. The number of hydrogen-bond donors (Lipinski definition) is 0. The van der Waals surface area contributed by atoms with Gasteiger partial charge in [-0.15, -0.1) is 0 Å². The first-order valence-electron chi connectivity index (χ1n) is 11.6. The molecule has 3 aliphatic heterocycles. The van der Waals surface area contributed by atoms with Gasteiger partial charge in [0.1, 0.15) is 0 Å². The molecule has 0 N–H and O–H groups in total. The first-order valence-corrected chi connectivity index (χ1v) is 14.6. The van der Waals surface area contributed by atoms with E-state index in [1.165, 1.54) is 0 Å². The highest BCUT2D eigenvalue weighted by atomic mass is 31.1. The molecule has 3 aliphatic rings. The highest BCUT2D eigenvalue weighted by Crippen LogP contribution is 2.71. The van der Waals surface area contributed by atoms with E-state index in [4.69, 9.17) is 0 Å². The number of rotatable bonds is 3. The van der Waals surface area contributed by atoms with Crippen LogP contribution in [0.2, 0.25) is 0 Å². The second-order valence-corrected chi connectivity index (χ2v) is 15.8. The highest BCUT2D eigenvalue weighted by molar-refractivity contribution is 7.70. The van der Waals surface area contributed by atoms with Crippen LogP contribution in [0.25, 0.3) is 0 Å². The minimum absolute atomic E-state index is 0.0141. The van der Waals surface area contributed by atoms with Crippen LogP contribution in [0.15, 0.2) is 28.8 Å². The van der Waals surface area contributed by atoms with Gasteiger partial charge < -0.3 is 0 Å². The molecule has 192 valence electrons. The number of nitrogens with zero attached hydrogens (tertiary/aromatic N) is 1. The molecule has 35 heavy (non-hydrogen) atoms. The number of carbonyl (C=O) groups excluding carboxylic acids is 2. The van der Waals surface area contributed by atoms with Gasteiger partial charge >= 0.3 is 12.4 Å². The van der Waals surface area contributed by atoms with E-state index in [2.05, 4.69) is 0 Å². The number of benzene rings is 1. The number of alkyl halides is 6. The average Bonchev–Trinajstić information content (AvgIpc) is 3.33. The monoisotopic (exact) mass is 537 g/mol. The molecule has 0 aromatic heterocycles. The molecule has 0 bridgehead atoms. The number of amides is 2. The number of halogens is 6. The predicted octanol–water partition coefficient (Wildman–Crippen LogP) is 7.91. The summed E-state index contributed by atoms with van der Waals surface area (Å²) in [5.74, 6) is -1.48. The van der Waals surface area contributed by atoms with Crippen molar-refractivity contribution in [3.63, 3.8) is 0 Å². The van der Waals surface area contributed by atoms with Crippen molar-refractivity contribution in [3.8, 4) is 0 Å². The maximum atomic E-state index is 13.8. The number of carbonyl (C=O) groups is 2. The van der Waals surface area contributed by atoms with Crippen molar-refractivity contribution >= 4 is 33.3 Å². The second-order valence-electron chi connectivity index (χ2n) is 9.77. The fourth-order valence-corrected chi connectivity index (χ4v) is 12.8. The van der Waals surface area contributed by atoms with E-state index in [0.717, 1.165) is 25.7 Å². The highest BCUT2D eigenvalue weighted by Gasteiger charge is 2.51. The Morgan fingerprint density at radius 1 is 0.657 bits per heavy atom. The van der Waals surface area contributed by atoms with E-state index in [-0.39, 0.29) is 28.7 Å². The maximum absolute atomic E-state index is 13.8. The largest absolute Gasteiger partial charge is 0.416 e. The molecule has 11 heteroatoms. The number of anilines is 1. The van der Waals surface area contributed by atoms with Crippen LogP contribution < -0.4 is 4.90 Å². The Hall–Kier alpha value is -1.46. The molecule has 4 rings (SSSR count). The predicted molar refractivity (Wildman–Crippen MR) is 126 cm³/mol. The van der Waals surface area contributed by atoms with Crippen molar-refractivity contribution in [1.29, 1.82) is 0 Å². The van der Waals surface area contributed by atoms with E-state index in [0.29, 0.717) is 27.7 Å². The molecule has 3 heterocycles. The Kier molecular flexibility index (Phi) is 6.94. The van der Waals surface area contributed by atoms with Gasteiger partial charge in [-0.3, -0.25) is 9.59 Å². The van der Waals surface area contributed by atoms with Crippen LogP contribution >= 0.6 is 15.8 Å². The summed E-state index contributed by atoms with van der Waals surface area (Å²) in [6, 6.07) is 0.977. The van der Waals surface area contributed by atoms with Crippen LogP contribution in [0, 0.1) is 0 Å². The van der Waals surface area contributed by atoms with E-state index in [1.807, 2.05) is 27.7 Å². The molecular formula is C24H27F6NO2P2. The van der Waals surface area contributed by atoms with Gasteiger partial charge in [0.05, 0.1) is 27.4 Å². The van der Waals surface area contributed by atoms with Gasteiger partial charge in [-0.05, 0) is 66.5 Å². The molecule has 1 aromatic rings. The van der Waals surface area contributed by atoms with Crippen LogP contribution in [0.1, 0.15) is 64.5 Å². The standard InChI is InChI=1S/C24H27F6NO2P2/c1-12-5-6-13(2)34(12)19-20(35-14(3)7-8-15(35)4)22(33)31(21(19)32)18-10-16(23(25,26)27)9-17(11-18)24(28,29)30/h9-15H,5-8H2,1-4H3/t12-,13-,14-,15-/m1/s1. The molecular weight excluding hydrogens is 510 g/mol. The van der Waals surface area contributed by atoms with Gasteiger partial charge in [0.25, 0.3) is 11.8 Å². The molecule has 0 spiro atoms. The number of imide groups is 1. The molecule has 2 amide bonds. The molecule has 0 aliphatic carbocycles. The zero-order valence-electron chi connectivity index (χ0n) is 19.8. The average molecular weight is 537 g/mol. The molecule has 0 saturated carbocycles. The normalized spacial score (nSPS) is 29.3. The van der Waals surface area contributed by atoms with Crippen molar-refractivity contribution in [3.05, 3.63) is 40.0 Å². The number of hydrogen-bond acceptors (Lipinski definition) is 2. The Balaban J connectivity index is 1.90. The summed E-state index contributed by atoms with van der Waals surface area (Å²) in [4.78, 5) is 28.2. The summed E-state index contributed by atoms with van der Waals surface area (Å²) in [5.41, 5.74) is -3.15. The zero-order chi connectivity index (χ0) is 26.0. The third kappa shape index (κ3) is 4.68. The molecule has 3 nitrogen and oxygen atoms in total. The summed E-state index contributed by atoms with van der Waals surface area (Å²) in [7, 11) is -2.13. The van der Waals surface area contributed by atoms with Crippen LogP contribution in [-0.4, -0.2) is 34.5 Å². The lowest BCUT2D eigenvalue weighted by Gasteiger charge is -2.26. The van der Waals surface area contributed by atoms with Gasteiger partial charge in [-0.25, -0.2) is 4.90 Å². The SMILES string of the molecule is C[C@@H]1CC[C@@H](C)P1C1=C(P2[C@H](C)CC[C@H]2C)C(=O)N(c2cc(C(F)(F)F)cc(C(F)(F)F)c2)C1=O. The van der Waals surface area contributed by atoms with Crippen molar-refractivity contribution in [2.24, 2.45) is 0 Å². The van der Waals surface area contributed by atoms with Crippen LogP contribution in [0.5, 0.6) is 0 Å². The molecule has 2 saturated heterocycles. The summed E-state index contributed by atoms with van der Waals surface area (Å²) in [6.45, 7) is 8.06. The topological polar surface area (TPSA) is 37.4 Å². The Labute approximate surface area is 202 Å². The molecule has 1 aromatic carbocycles. The van der Waals surface area contributed by atoms with E-state index >= 15 is 0 Å². The van der Waals surface area contributed by atoms with E-state index < -0.39 is 56.8 Å². The van der Waals surface area contributed by atoms with E-state index in [9.17, 15) is 35.9 Å². The summed E-state index contributed by atoms with van der Waals surface area (Å²) in [5, 5.41) is 0.778. The maximum Gasteiger partial charge on any atom is 0.416 e. The van der Waals surface area contributed by atoms with Gasteiger partial charge in [-0.2, -0.15) is 26.3 Å². The summed E-state index contributed by atoms with van der Waals surface area (Å²) >= 11 is 0. The Bertz CT molecular complexity index is 985. The first-order chi connectivity index (χ1) is 16.1. The molecule has 0 radical (unpaired) electrons. The van der Waals surface area contributed by atoms with Gasteiger partial charge in [0.2, 0.25) is 0 Å². The fourth-order valence-electron chi connectivity index (χ4n) is 5.55. The Morgan fingerprint density at radius 3 is 1.26 bits per heavy atom. The lowest BCUT2D eigenvalue weighted by Crippen LogP contribution is -2.32. The lowest BCUT2D eigenvalue weighted by atomic mass is 10.1. The van der Waals surface area contributed by atoms with Crippen molar-refractivity contribution in [2.45, 2.75) is 88.4 Å². The Morgan fingerprint density at radius 2 is 0.971 bits per heavy atom. The van der Waals surface area contributed by atoms with Crippen molar-refractivity contribution < 1.29 is 35.9 Å². The summed E-state index contributed by atoms with van der Waals surface area (Å²) in [6.07, 6.45) is -6.66. The van der Waals surface area contributed by atoms with Gasteiger partial charge in [0.15, 0.2) is 0 Å². The molecule has 0 unspecified atom stereocenters. The van der Waals surface area contributed by atoms with Crippen LogP contribution in [-0.2, 0) is 21.9 Å². The fraction of sp³-hybridized carbons (Fsp3) is 0.583. The quantitative estimate of drug-likeness (QED) is 0.223. The minimum Gasteiger partial charge on any atom is -0.268 e. The minimum atomic E-state index is -5.07. The van der Waals surface area contributed by atoms with E-state index in [1.54, 1.807) is 0 Å².